The second-order valence-electron chi connectivity index (χ2n) is 6.00. The van der Waals surface area contributed by atoms with Gasteiger partial charge in [0.1, 0.15) is 5.02 Å². The lowest BCUT2D eigenvalue weighted by atomic mass is 10.1. The Labute approximate surface area is 175 Å². The highest BCUT2D eigenvalue weighted by Gasteiger charge is 2.27. The number of nitrogens with zero attached hydrogens (tertiary/aromatic N) is 4. The Morgan fingerprint density at radius 3 is 2.93 bits per heavy atom. The third-order valence-corrected chi connectivity index (χ3v) is 5.29. The molecule has 4 rings (SSSR count). The highest BCUT2D eigenvalue weighted by Crippen LogP contribution is 2.40. The van der Waals surface area contributed by atoms with Crippen LogP contribution in [0.4, 0.5) is 11.4 Å². The number of rotatable bonds is 5. The number of nitrogens with one attached hydrogen (secondary N) is 1. The number of fused-ring (bicyclic) bond motifs is 3. The van der Waals surface area contributed by atoms with E-state index in [1.807, 2.05) is 24.3 Å². The van der Waals surface area contributed by atoms with Crippen LogP contribution in [0.1, 0.15) is 11.8 Å². The lowest BCUT2D eigenvalue weighted by molar-refractivity contribution is -0.384. The van der Waals surface area contributed by atoms with E-state index in [0.29, 0.717) is 22.2 Å². The van der Waals surface area contributed by atoms with Crippen LogP contribution in [0.2, 0.25) is 5.02 Å². The van der Waals surface area contributed by atoms with E-state index in [1.165, 1.54) is 23.9 Å². The minimum atomic E-state index is -0.734. The van der Waals surface area contributed by atoms with Gasteiger partial charge in [0, 0.05) is 28.6 Å². The molecule has 0 aliphatic carbocycles. The van der Waals surface area contributed by atoms with Crippen LogP contribution in [0.25, 0.3) is 11.3 Å². The van der Waals surface area contributed by atoms with Gasteiger partial charge in [-0.05, 0) is 12.1 Å². The Morgan fingerprint density at radius 1 is 1.31 bits per heavy atom. The Hall–Kier alpha value is -3.17. The van der Waals surface area contributed by atoms with Crippen LogP contribution in [-0.4, -0.2) is 25.9 Å². The number of benzene rings is 2. The molecule has 0 fully saturated rings. The SMILES string of the molecule is C=CCSc1nnc2c(n1)O[C@H](c1ccc(Cl)c([N+](=O)[O-])c1)Nc1ccccc1-2. The summed E-state index contributed by atoms with van der Waals surface area (Å²) < 4.78 is 6.09. The van der Waals surface area contributed by atoms with Crippen molar-refractivity contribution in [3.63, 3.8) is 0 Å². The number of halogens is 1. The molecule has 2 aromatic carbocycles. The molecule has 2 heterocycles. The third kappa shape index (κ3) is 3.87. The van der Waals surface area contributed by atoms with E-state index in [2.05, 4.69) is 27.1 Å². The van der Waals surface area contributed by atoms with Gasteiger partial charge in [-0.1, -0.05) is 53.7 Å². The molecule has 0 saturated heterocycles. The summed E-state index contributed by atoms with van der Waals surface area (Å²) in [5, 5.41) is 23.5. The average Bonchev–Trinajstić information content (AvgIpc) is 2.88. The fourth-order valence-electron chi connectivity index (χ4n) is 2.83. The number of anilines is 1. The van der Waals surface area contributed by atoms with Crippen molar-refractivity contribution in [3.05, 3.63) is 75.8 Å². The van der Waals surface area contributed by atoms with E-state index in [1.54, 1.807) is 12.1 Å². The van der Waals surface area contributed by atoms with Gasteiger partial charge in [0.15, 0.2) is 11.9 Å². The Kier molecular flexibility index (Phi) is 5.32. The first-order valence-electron chi connectivity index (χ1n) is 8.51. The monoisotopic (exact) mass is 427 g/mol. The van der Waals surface area contributed by atoms with Crippen molar-refractivity contribution in [2.24, 2.45) is 0 Å². The molecule has 10 heteroatoms. The van der Waals surface area contributed by atoms with E-state index in [-0.39, 0.29) is 16.6 Å². The van der Waals surface area contributed by atoms with Crippen LogP contribution in [-0.2, 0) is 0 Å². The molecule has 1 aromatic heterocycles. The number of hydrogen-bond donors (Lipinski definition) is 1. The zero-order chi connectivity index (χ0) is 20.4. The number of nitro benzene ring substituents is 1. The number of ether oxygens (including phenoxy) is 1. The summed E-state index contributed by atoms with van der Waals surface area (Å²) in [6.45, 7) is 3.69. The van der Waals surface area contributed by atoms with Gasteiger partial charge in [-0.2, -0.15) is 4.98 Å². The number of aromatic nitrogens is 3. The summed E-state index contributed by atoms with van der Waals surface area (Å²) in [5.74, 6) is 0.911. The number of nitro groups is 1. The van der Waals surface area contributed by atoms with Crippen molar-refractivity contribution in [1.29, 1.82) is 0 Å². The van der Waals surface area contributed by atoms with Gasteiger partial charge >= 0.3 is 0 Å². The van der Waals surface area contributed by atoms with Gasteiger partial charge in [0.05, 0.1) is 4.92 Å². The number of thioether (sulfide) groups is 1. The Morgan fingerprint density at radius 2 is 2.14 bits per heavy atom. The van der Waals surface area contributed by atoms with E-state index in [0.717, 1.165) is 11.3 Å². The highest BCUT2D eigenvalue weighted by molar-refractivity contribution is 7.99. The largest absolute Gasteiger partial charge is 0.448 e. The maximum atomic E-state index is 11.3. The van der Waals surface area contributed by atoms with Crippen molar-refractivity contribution in [2.75, 3.05) is 11.1 Å². The molecule has 0 radical (unpaired) electrons. The van der Waals surface area contributed by atoms with E-state index in [9.17, 15) is 10.1 Å². The van der Waals surface area contributed by atoms with Crippen LogP contribution < -0.4 is 10.1 Å². The predicted molar refractivity (Wildman–Crippen MR) is 111 cm³/mol. The first-order valence-corrected chi connectivity index (χ1v) is 9.88. The molecule has 0 saturated carbocycles. The molecule has 0 amide bonds. The predicted octanol–water partition coefficient (Wildman–Crippen LogP) is 4.88. The first-order chi connectivity index (χ1) is 14.1. The van der Waals surface area contributed by atoms with E-state index >= 15 is 0 Å². The summed E-state index contributed by atoms with van der Waals surface area (Å²) in [6.07, 6.45) is 1.01. The smallest absolute Gasteiger partial charge is 0.288 e. The molecule has 1 N–H and O–H groups in total. The molecule has 146 valence electrons. The molecular weight excluding hydrogens is 414 g/mol. The molecule has 29 heavy (non-hydrogen) atoms. The molecule has 0 unspecified atom stereocenters. The van der Waals surface area contributed by atoms with Crippen LogP contribution >= 0.6 is 23.4 Å². The van der Waals surface area contributed by atoms with Gasteiger partial charge in [-0.3, -0.25) is 10.1 Å². The van der Waals surface area contributed by atoms with E-state index in [4.69, 9.17) is 16.3 Å². The number of hydrogen-bond acceptors (Lipinski definition) is 8. The molecule has 3 aromatic rings. The van der Waals surface area contributed by atoms with Gasteiger partial charge in [0.2, 0.25) is 11.0 Å². The normalized spacial score (nSPS) is 14.6. The van der Waals surface area contributed by atoms with Crippen molar-refractivity contribution >= 4 is 34.7 Å². The third-order valence-electron chi connectivity index (χ3n) is 4.13. The molecule has 0 spiro atoms. The van der Waals surface area contributed by atoms with Crippen molar-refractivity contribution in [3.8, 4) is 17.1 Å². The minimum absolute atomic E-state index is 0.0558. The summed E-state index contributed by atoms with van der Waals surface area (Å²) >= 11 is 7.33. The van der Waals surface area contributed by atoms with Crippen LogP contribution in [0, 0.1) is 10.1 Å². The van der Waals surface area contributed by atoms with E-state index < -0.39 is 11.2 Å². The first kappa shape index (κ1) is 19.2. The maximum absolute atomic E-state index is 11.3. The summed E-state index contributed by atoms with van der Waals surface area (Å²) in [4.78, 5) is 15.2. The van der Waals surface area contributed by atoms with Gasteiger partial charge < -0.3 is 10.1 Å². The molecule has 1 aliphatic rings. The maximum Gasteiger partial charge on any atom is 0.288 e. The summed E-state index contributed by atoms with van der Waals surface area (Å²) in [6, 6.07) is 12.0. The van der Waals surface area contributed by atoms with Gasteiger partial charge in [0.25, 0.3) is 5.69 Å². The molecule has 8 nitrogen and oxygen atoms in total. The topological polar surface area (TPSA) is 103 Å². The zero-order valence-corrected chi connectivity index (χ0v) is 16.5. The molecular formula is C19H14ClN5O3S. The average molecular weight is 428 g/mol. The fraction of sp³-hybridized carbons (Fsp3) is 0.105. The van der Waals surface area contributed by atoms with Crippen molar-refractivity contribution in [1.82, 2.24) is 15.2 Å². The van der Waals surface area contributed by atoms with Crippen molar-refractivity contribution in [2.45, 2.75) is 11.4 Å². The lowest BCUT2D eigenvalue weighted by Gasteiger charge is -2.19. The summed E-state index contributed by atoms with van der Waals surface area (Å²) in [7, 11) is 0. The van der Waals surface area contributed by atoms with Gasteiger partial charge in [-0.25, -0.2) is 0 Å². The Balaban J connectivity index is 1.81. The summed E-state index contributed by atoms with van der Waals surface area (Å²) in [5.41, 5.74) is 2.34. The fourth-order valence-corrected chi connectivity index (χ4v) is 3.52. The van der Waals surface area contributed by atoms with Crippen LogP contribution in [0.15, 0.2) is 60.3 Å². The molecule has 0 bridgehead atoms. The Bertz CT molecular complexity index is 1110. The standard InChI is InChI=1S/C19H14ClN5O3S/c1-2-9-29-19-22-18-16(23-24-19)12-5-3-4-6-14(12)21-17(28-18)11-7-8-13(20)15(10-11)25(26)27/h2-8,10,17,21H,1,9H2/t17-/m1/s1. The highest BCUT2D eigenvalue weighted by atomic mass is 35.5. The number of para-hydroxylation sites is 1. The molecule has 1 aliphatic heterocycles. The van der Waals surface area contributed by atoms with Crippen LogP contribution in [0.3, 0.4) is 0 Å². The van der Waals surface area contributed by atoms with Crippen molar-refractivity contribution < 1.29 is 9.66 Å². The quantitative estimate of drug-likeness (QED) is 0.266. The zero-order valence-electron chi connectivity index (χ0n) is 14.9. The minimum Gasteiger partial charge on any atom is -0.448 e. The van der Waals surface area contributed by atoms with Gasteiger partial charge in [-0.15, -0.1) is 16.8 Å². The van der Waals surface area contributed by atoms with Crippen LogP contribution in [0.5, 0.6) is 5.88 Å². The second-order valence-corrected chi connectivity index (χ2v) is 7.40. The second kappa shape index (κ2) is 8.06. The lowest BCUT2D eigenvalue weighted by Crippen LogP contribution is -2.17. The molecule has 1 atom stereocenters.